The zero-order chi connectivity index (χ0) is 20.2. The maximum atomic E-state index is 12.7. The van der Waals surface area contributed by atoms with Gasteiger partial charge >= 0.3 is 0 Å². The van der Waals surface area contributed by atoms with Gasteiger partial charge in [0.15, 0.2) is 0 Å². The zero-order valence-corrected chi connectivity index (χ0v) is 16.9. The van der Waals surface area contributed by atoms with Gasteiger partial charge in [0.2, 0.25) is 0 Å². The molecule has 29 heavy (non-hydrogen) atoms. The minimum absolute atomic E-state index is 0.0411. The Bertz CT molecular complexity index is 911. The van der Waals surface area contributed by atoms with Gasteiger partial charge in [0.05, 0.1) is 19.0 Å². The van der Waals surface area contributed by atoms with Gasteiger partial charge in [-0.25, -0.2) is 4.98 Å². The summed E-state index contributed by atoms with van der Waals surface area (Å²) in [7, 11) is 1.67. The number of ether oxygens (including phenoxy) is 2. The molecule has 152 valence electrons. The third-order valence-corrected chi connectivity index (χ3v) is 5.29. The molecule has 2 aromatic rings. The van der Waals surface area contributed by atoms with E-state index in [9.17, 15) is 4.79 Å². The Balaban J connectivity index is 1.38. The third kappa shape index (κ3) is 4.56. The number of carbonyl (C=O) groups excluding carboxylic acids is 1. The summed E-state index contributed by atoms with van der Waals surface area (Å²) in [5, 5.41) is 0. The first kappa shape index (κ1) is 19.4. The molecule has 0 N–H and O–H groups in total. The van der Waals surface area contributed by atoms with Gasteiger partial charge in [-0.15, -0.1) is 0 Å². The normalized spacial score (nSPS) is 17.0. The number of amides is 1. The molecule has 4 rings (SSSR count). The summed E-state index contributed by atoms with van der Waals surface area (Å²) in [5.41, 5.74) is 3.51. The molecule has 7 nitrogen and oxygen atoms in total. The number of nitrogens with zero attached hydrogens (tertiary/aromatic N) is 4. The lowest BCUT2D eigenvalue weighted by Gasteiger charge is -2.25. The highest BCUT2D eigenvalue weighted by molar-refractivity contribution is 5.92. The Kier molecular flexibility index (Phi) is 5.76. The van der Waals surface area contributed by atoms with E-state index in [2.05, 4.69) is 20.9 Å². The van der Waals surface area contributed by atoms with Crippen molar-refractivity contribution in [1.82, 2.24) is 19.8 Å². The van der Waals surface area contributed by atoms with Crippen LogP contribution in [-0.4, -0.2) is 72.1 Å². The van der Waals surface area contributed by atoms with Crippen LogP contribution < -0.4 is 9.47 Å². The van der Waals surface area contributed by atoms with E-state index in [1.807, 2.05) is 30.0 Å². The molecule has 0 saturated carbocycles. The number of carbonyl (C=O) groups is 1. The van der Waals surface area contributed by atoms with E-state index in [1.54, 1.807) is 19.5 Å². The first-order valence-electron chi connectivity index (χ1n) is 9.93. The van der Waals surface area contributed by atoms with Crippen LogP contribution in [-0.2, 0) is 0 Å². The van der Waals surface area contributed by atoms with Crippen LogP contribution in [0.25, 0.3) is 6.08 Å². The molecule has 0 unspecified atom stereocenters. The van der Waals surface area contributed by atoms with E-state index in [0.29, 0.717) is 18.8 Å². The van der Waals surface area contributed by atoms with Crippen molar-refractivity contribution in [2.24, 2.45) is 0 Å². The van der Waals surface area contributed by atoms with Gasteiger partial charge in [-0.3, -0.25) is 14.7 Å². The lowest BCUT2D eigenvalue weighted by Crippen LogP contribution is -2.36. The number of methoxy groups -OCH3 is 1. The van der Waals surface area contributed by atoms with Gasteiger partial charge in [0.1, 0.15) is 23.8 Å². The fourth-order valence-electron chi connectivity index (χ4n) is 3.71. The van der Waals surface area contributed by atoms with Gasteiger partial charge in [0.25, 0.3) is 5.91 Å². The van der Waals surface area contributed by atoms with Crippen LogP contribution in [0.4, 0.5) is 0 Å². The van der Waals surface area contributed by atoms with Crippen molar-refractivity contribution in [1.29, 1.82) is 0 Å². The van der Waals surface area contributed by atoms with Crippen molar-refractivity contribution in [3.8, 4) is 11.5 Å². The second-order valence-electron chi connectivity index (χ2n) is 7.46. The summed E-state index contributed by atoms with van der Waals surface area (Å²) in [4.78, 5) is 25.4. The number of fused-ring (bicyclic) bond motifs is 1. The van der Waals surface area contributed by atoms with Crippen molar-refractivity contribution in [3.63, 3.8) is 0 Å². The van der Waals surface area contributed by atoms with Crippen LogP contribution in [0.3, 0.4) is 0 Å². The van der Waals surface area contributed by atoms with Crippen LogP contribution in [0, 0.1) is 6.92 Å². The molecule has 0 aliphatic carbocycles. The quantitative estimate of drug-likeness (QED) is 0.793. The highest BCUT2D eigenvalue weighted by Gasteiger charge is 2.22. The topological polar surface area (TPSA) is 67.8 Å². The summed E-state index contributed by atoms with van der Waals surface area (Å²) in [6.07, 6.45) is 6.33. The standard InChI is InChI=1S/C22H26N4O3/c1-16-12-24-20(13-23-16)22(27)26-7-3-6-25(8-9-26)14-17-10-18-11-19(28-2)4-5-21(18)29-15-17/h4-5,10-13H,3,6-9,14-15H2,1-2H3. The van der Waals surface area contributed by atoms with Crippen LogP contribution in [0.15, 0.2) is 36.2 Å². The molecule has 1 aromatic heterocycles. The van der Waals surface area contributed by atoms with Gasteiger partial charge in [-0.2, -0.15) is 0 Å². The highest BCUT2D eigenvalue weighted by atomic mass is 16.5. The minimum Gasteiger partial charge on any atom is -0.497 e. The molecule has 2 aliphatic heterocycles. The Morgan fingerprint density at radius 1 is 1.17 bits per heavy atom. The summed E-state index contributed by atoms with van der Waals surface area (Å²) >= 11 is 0. The van der Waals surface area contributed by atoms with Gasteiger partial charge in [0, 0.05) is 44.5 Å². The van der Waals surface area contributed by atoms with Crippen molar-refractivity contribution >= 4 is 12.0 Å². The molecule has 1 fully saturated rings. The number of hydrogen-bond donors (Lipinski definition) is 0. The van der Waals surface area contributed by atoms with Gasteiger partial charge in [-0.1, -0.05) is 0 Å². The Hall–Kier alpha value is -2.93. The fraction of sp³-hybridized carbons (Fsp3) is 0.409. The molecule has 1 amide bonds. The molecule has 0 radical (unpaired) electrons. The maximum Gasteiger partial charge on any atom is 0.274 e. The Morgan fingerprint density at radius 3 is 2.86 bits per heavy atom. The second kappa shape index (κ2) is 8.61. The van der Waals surface area contributed by atoms with Gasteiger partial charge in [-0.05, 0) is 43.2 Å². The van der Waals surface area contributed by atoms with Crippen LogP contribution in [0.5, 0.6) is 11.5 Å². The number of benzene rings is 1. The number of hydrogen-bond acceptors (Lipinski definition) is 6. The third-order valence-electron chi connectivity index (χ3n) is 5.29. The Labute approximate surface area is 171 Å². The van der Waals surface area contributed by atoms with E-state index < -0.39 is 0 Å². The first-order valence-corrected chi connectivity index (χ1v) is 9.93. The van der Waals surface area contributed by atoms with Gasteiger partial charge < -0.3 is 14.4 Å². The largest absolute Gasteiger partial charge is 0.497 e. The Morgan fingerprint density at radius 2 is 2.07 bits per heavy atom. The van der Waals surface area contributed by atoms with Crippen molar-refractivity contribution < 1.29 is 14.3 Å². The molecule has 0 spiro atoms. The van der Waals surface area contributed by atoms with Crippen molar-refractivity contribution in [2.75, 3.05) is 46.4 Å². The maximum absolute atomic E-state index is 12.7. The smallest absolute Gasteiger partial charge is 0.274 e. The molecule has 1 saturated heterocycles. The molecular weight excluding hydrogens is 368 g/mol. The van der Waals surface area contributed by atoms with Crippen molar-refractivity contribution in [3.05, 3.63) is 53.1 Å². The number of aromatic nitrogens is 2. The fourth-order valence-corrected chi connectivity index (χ4v) is 3.71. The zero-order valence-electron chi connectivity index (χ0n) is 16.9. The summed E-state index contributed by atoms with van der Waals surface area (Å²) < 4.78 is 11.2. The lowest BCUT2D eigenvalue weighted by atomic mass is 10.1. The monoisotopic (exact) mass is 394 g/mol. The molecule has 3 heterocycles. The van der Waals surface area contributed by atoms with Crippen LogP contribution >= 0.6 is 0 Å². The minimum atomic E-state index is -0.0411. The average Bonchev–Trinajstić information content (AvgIpc) is 2.99. The molecule has 2 aliphatic rings. The molecule has 1 aromatic carbocycles. The highest BCUT2D eigenvalue weighted by Crippen LogP contribution is 2.30. The molecule has 0 atom stereocenters. The van der Waals surface area contributed by atoms with Crippen molar-refractivity contribution in [2.45, 2.75) is 13.3 Å². The summed E-state index contributed by atoms with van der Waals surface area (Å²) in [6.45, 7) is 6.50. The lowest BCUT2D eigenvalue weighted by molar-refractivity contribution is 0.0755. The number of rotatable bonds is 4. The van der Waals surface area contributed by atoms with E-state index in [4.69, 9.17) is 9.47 Å². The first-order chi connectivity index (χ1) is 14.1. The second-order valence-corrected chi connectivity index (χ2v) is 7.46. The molecule has 0 bridgehead atoms. The molecule has 7 heteroatoms. The average molecular weight is 394 g/mol. The molecular formula is C22H26N4O3. The van der Waals surface area contributed by atoms with Crippen LogP contribution in [0.2, 0.25) is 0 Å². The van der Waals surface area contributed by atoms with Crippen LogP contribution in [0.1, 0.15) is 28.2 Å². The van der Waals surface area contributed by atoms with E-state index in [1.165, 1.54) is 5.57 Å². The predicted molar refractivity (Wildman–Crippen MR) is 110 cm³/mol. The number of aryl methyl sites for hydroxylation is 1. The van der Waals surface area contributed by atoms with E-state index in [-0.39, 0.29) is 5.91 Å². The van der Waals surface area contributed by atoms with E-state index in [0.717, 1.165) is 55.4 Å². The summed E-state index contributed by atoms with van der Waals surface area (Å²) in [6, 6.07) is 5.86. The predicted octanol–water partition coefficient (Wildman–Crippen LogP) is 2.42. The summed E-state index contributed by atoms with van der Waals surface area (Å²) in [5.74, 6) is 1.68. The SMILES string of the molecule is COc1ccc2c(c1)C=C(CN1CCCN(C(=O)c3cnc(C)cn3)CC1)CO2. The van der Waals surface area contributed by atoms with E-state index >= 15 is 0 Å².